The Kier molecular flexibility index (Phi) is 3.42. The zero-order valence-corrected chi connectivity index (χ0v) is 10.3. The Hall–Kier alpha value is -0.710. The van der Waals surface area contributed by atoms with Gasteiger partial charge in [0.05, 0.1) is 6.61 Å². The largest absolute Gasteiger partial charge is 0.464 e. The maximum absolute atomic E-state index is 11.8. The number of carbonyl (C=O) groups is 2. The Morgan fingerprint density at radius 1 is 1.69 bits per heavy atom. The van der Waals surface area contributed by atoms with Crippen molar-refractivity contribution in [2.24, 2.45) is 5.41 Å². The molecular weight excluding hydrogens is 226 g/mol. The van der Waals surface area contributed by atoms with Crippen molar-refractivity contribution in [2.45, 2.75) is 32.2 Å². The van der Waals surface area contributed by atoms with E-state index in [2.05, 4.69) is 5.32 Å². The summed E-state index contributed by atoms with van der Waals surface area (Å²) in [5, 5.41) is 2.77. The van der Waals surface area contributed by atoms with Crippen molar-refractivity contribution in [1.29, 1.82) is 0 Å². The molecule has 90 valence electrons. The first-order chi connectivity index (χ1) is 7.68. The van der Waals surface area contributed by atoms with E-state index in [-0.39, 0.29) is 17.3 Å². The summed E-state index contributed by atoms with van der Waals surface area (Å²) in [6.07, 6.45) is 2.50. The second-order valence-corrected chi connectivity index (χ2v) is 5.55. The van der Waals surface area contributed by atoms with E-state index in [4.69, 9.17) is 4.74 Å². The van der Waals surface area contributed by atoms with Gasteiger partial charge < -0.3 is 10.1 Å². The normalized spacial score (nSPS) is 33.8. The fraction of sp³-hybridized carbons (Fsp3) is 0.818. The van der Waals surface area contributed by atoms with Gasteiger partial charge in [-0.25, -0.2) is 4.79 Å². The fourth-order valence-corrected chi connectivity index (χ4v) is 3.87. The molecule has 2 fully saturated rings. The highest BCUT2D eigenvalue weighted by atomic mass is 32.2. The number of amides is 1. The second-order valence-electron chi connectivity index (χ2n) is 4.45. The van der Waals surface area contributed by atoms with Crippen LogP contribution in [0, 0.1) is 5.41 Å². The van der Waals surface area contributed by atoms with Crippen molar-refractivity contribution in [1.82, 2.24) is 5.32 Å². The van der Waals surface area contributed by atoms with Gasteiger partial charge in [-0.15, -0.1) is 0 Å². The number of nitrogens with one attached hydrogen (secondary N) is 1. The second kappa shape index (κ2) is 4.65. The highest BCUT2D eigenvalue weighted by Crippen LogP contribution is 2.43. The first kappa shape index (κ1) is 11.8. The van der Waals surface area contributed by atoms with E-state index in [0.717, 1.165) is 24.3 Å². The van der Waals surface area contributed by atoms with Crippen LogP contribution in [0.4, 0.5) is 0 Å². The van der Waals surface area contributed by atoms with Crippen molar-refractivity contribution in [3.8, 4) is 0 Å². The molecule has 0 aliphatic carbocycles. The molecule has 1 amide bonds. The Bertz CT molecular complexity index is 300. The molecule has 5 heteroatoms. The van der Waals surface area contributed by atoms with Crippen LogP contribution in [-0.4, -0.2) is 36.0 Å². The van der Waals surface area contributed by atoms with Crippen molar-refractivity contribution in [2.75, 3.05) is 18.1 Å². The van der Waals surface area contributed by atoms with Crippen molar-refractivity contribution in [3.63, 3.8) is 0 Å². The number of hydrogen-bond acceptors (Lipinski definition) is 4. The van der Waals surface area contributed by atoms with Crippen LogP contribution in [0.25, 0.3) is 0 Å². The predicted octanol–water partition coefficient (Wildman–Crippen LogP) is 0.951. The lowest BCUT2D eigenvalue weighted by Crippen LogP contribution is -2.47. The monoisotopic (exact) mass is 243 g/mol. The molecule has 16 heavy (non-hydrogen) atoms. The van der Waals surface area contributed by atoms with Gasteiger partial charge >= 0.3 is 5.97 Å². The van der Waals surface area contributed by atoms with Crippen LogP contribution in [0.3, 0.4) is 0 Å². The van der Waals surface area contributed by atoms with E-state index < -0.39 is 6.04 Å². The molecule has 2 unspecified atom stereocenters. The summed E-state index contributed by atoms with van der Waals surface area (Å²) < 4.78 is 5.04. The summed E-state index contributed by atoms with van der Waals surface area (Å²) in [5.74, 6) is 1.73. The van der Waals surface area contributed by atoms with Gasteiger partial charge in [0.25, 0.3) is 0 Å². The molecule has 2 aliphatic heterocycles. The molecule has 1 N–H and O–H groups in total. The molecule has 2 atom stereocenters. The summed E-state index contributed by atoms with van der Waals surface area (Å²) in [7, 11) is 0. The lowest BCUT2D eigenvalue weighted by Gasteiger charge is -2.35. The van der Waals surface area contributed by atoms with Crippen LogP contribution in [-0.2, 0) is 14.3 Å². The van der Waals surface area contributed by atoms with Crippen LogP contribution in [0.2, 0.25) is 0 Å². The molecule has 0 saturated carbocycles. The van der Waals surface area contributed by atoms with Crippen LogP contribution in [0.5, 0.6) is 0 Å². The molecule has 0 aromatic rings. The molecule has 0 aromatic carbocycles. The first-order valence-corrected chi connectivity index (χ1v) is 6.87. The Morgan fingerprint density at radius 2 is 2.50 bits per heavy atom. The lowest BCUT2D eigenvalue weighted by molar-refractivity contribution is -0.148. The Labute approximate surface area is 99.5 Å². The maximum Gasteiger partial charge on any atom is 0.329 e. The van der Waals surface area contributed by atoms with Crippen molar-refractivity contribution >= 4 is 23.6 Å². The molecule has 0 radical (unpaired) electrons. The van der Waals surface area contributed by atoms with Crippen LogP contribution >= 0.6 is 11.8 Å². The average molecular weight is 243 g/mol. The highest BCUT2D eigenvalue weighted by molar-refractivity contribution is 7.99. The topological polar surface area (TPSA) is 55.4 Å². The smallest absolute Gasteiger partial charge is 0.329 e. The number of ether oxygens (including phenoxy) is 1. The van der Waals surface area contributed by atoms with E-state index in [9.17, 15) is 9.59 Å². The number of carbonyl (C=O) groups excluding carboxylic acids is 2. The molecule has 2 rings (SSSR count). The average Bonchev–Trinajstić information content (AvgIpc) is 2.57. The minimum atomic E-state index is -0.423. The van der Waals surface area contributed by atoms with E-state index in [1.165, 1.54) is 0 Å². The van der Waals surface area contributed by atoms with Crippen LogP contribution in [0.15, 0.2) is 0 Å². The molecule has 4 nitrogen and oxygen atoms in total. The summed E-state index contributed by atoms with van der Waals surface area (Å²) in [6, 6.07) is -0.423. The number of rotatable bonds is 2. The van der Waals surface area contributed by atoms with Gasteiger partial charge in [0, 0.05) is 17.6 Å². The van der Waals surface area contributed by atoms with Gasteiger partial charge in [0.15, 0.2) is 0 Å². The van der Waals surface area contributed by atoms with E-state index in [0.29, 0.717) is 13.0 Å². The SMILES string of the molecule is CCOC(=O)C1NC(=O)CC12CCCSC2. The zero-order chi connectivity index (χ0) is 11.6. The van der Waals surface area contributed by atoms with Crippen LogP contribution in [0.1, 0.15) is 26.2 Å². The van der Waals surface area contributed by atoms with Gasteiger partial charge in [-0.2, -0.15) is 11.8 Å². The van der Waals surface area contributed by atoms with Crippen molar-refractivity contribution < 1.29 is 14.3 Å². The zero-order valence-electron chi connectivity index (χ0n) is 9.45. The van der Waals surface area contributed by atoms with Gasteiger partial charge in [-0.3, -0.25) is 4.79 Å². The summed E-state index contributed by atoms with van der Waals surface area (Å²) in [4.78, 5) is 23.3. The number of hydrogen-bond donors (Lipinski definition) is 1. The molecule has 1 spiro atoms. The predicted molar refractivity (Wildman–Crippen MR) is 62.2 cm³/mol. The van der Waals surface area contributed by atoms with Gasteiger partial charge in [0.2, 0.25) is 5.91 Å². The first-order valence-electron chi connectivity index (χ1n) is 5.72. The molecule has 2 heterocycles. The molecule has 0 aromatic heterocycles. The summed E-state index contributed by atoms with van der Waals surface area (Å²) in [6.45, 7) is 2.16. The third kappa shape index (κ3) is 2.05. The maximum atomic E-state index is 11.8. The van der Waals surface area contributed by atoms with E-state index >= 15 is 0 Å². The van der Waals surface area contributed by atoms with Gasteiger partial charge in [0.1, 0.15) is 6.04 Å². The fourth-order valence-electron chi connectivity index (χ4n) is 2.56. The van der Waals surface area contributed by atoms with E-state index in [1.54, 1.807) is 6.92 Å². The molecule has 2 aliphatic rings. The standard InChI is InChI=1S/C11H17NO3S/c1-2-15-10(14)9-11(6-8(13)12-9)4-3-5-16-7-11/h9H,2-7H2,1H3,(H,12,13). The van der Waals surface area contributed by atoms with Gasteiger partial charge in [-0.05, 0) is 25.5 Å². The minimum Gasteiger partial charge on any atom is -0.464 e. The quantitative estimate of drug-likeness (QED) is 0.734. The minimum absolute atomic E-state index is 0.0134. The molecule has 0 bridgehead atoms. The summed E-state index contributed by atoms with van der Waals surface area (Å²) in [5.41, 5.74) is -0.188. The van der Waals surface area contributed by atoms with E-state index in [1.807, 2.05) is 11.8 Å². The Morgan fingerprint density at radius 3 is 3.12 bits per heavy atom. The number of esters is 1. The summed E-state index contributed by atoms with van der Waals surface area (Å²) >= 11 is 1.83. The van der Waals surface area contributed by atoms with Crippen molar-refractivity contribution in [3.05, 3.63) is 0 Å². The lowest BCUT2D eigenvalue weighted by atomic mass is 9.78. The molecule has 2 saturated heterocycles. The Balaban J connectivity index is 2.14. The third-order valence-electron chi connectivity index (χ3n) is 3.31. The van der Waals surface area contributed by atoms with Crippen LogP contribution < -0.4 is 5.32 Å². The third-order valence-corrected chi connectivity index (χ3v) is 4.66. The highest BCUT2D eigenvalue weighted by Gasteiger charge is 2.51. The number of thioether (sulfide) groups is 1. The van der Waals surface area contributed by atoms with Gasteiger partial charge in [-0.1, -0.05) is 0 Å². The molecular formula is C11H17NO3S.